The molecule has 1 aromatic rings. The standard InChI is InChI=1S/C15H30N6O.2ClH/c1-11(2)13(16)7-8-20(5)15(22)10-19(4)9-14-18-17-12(3)21(14)6;;/h11,13H,7-10,16H2,1-6H3;2*1H. The molecule has 0 aromatic carbocycles. The zero-order valence-corrected chi connectivity index (χ0v) is 17.2. The van der Waals surface area contributed by atoms with Gasteiger partial charge in [-0.05, 0) is 26.3 Å². The van der Waals surface area contributed by atoms with Crippen LogP contribution in [0.2, 0.25) is 0 Å². The average Bonchev–Trinajstić information content (AvgIpc) is 2.75. The number of hydrogen-bond donors (Lipinski definition) is 1. The van der Waals surface area contributed by atoms with E-state index < -0.39 is 0 Å². The second-order valence-electron chi connectivity index (χ2n) is 6.41. The van der Waals surface area contributed by atoms with Crippen molar-refractivity contribution in [1.29, 1.82) is 0 Å². The van der Waals surface area contributed by atoms with Crippen LogP contribution < -0.4 is 5.73 Å². The Morgan fingerprint density at radius 3 is 2.29 bits per heavy atom. The monoisotopic (exact) mass is 382 g/mol. The van der Waals surface area contributed by atoms with Gasteiger partial charge in [0.2, 0.25) is 5.91 Å². The molecule has 2 N–H and O–H groups in total. The van der Waals surface area contributed by atoms with Crippen molar-refractivity contribution in [2.75, 3.05) is 27.2 Å². The van der Waals surface area contributed by atoms with Crippen LogP contribution in [0, 0.1) is 12.8 Å². The van der Waals surface area contributed by atoms with E-state index in [0.717, 1.165) is 18.1 Å². The lowest BCUT2D eigenvalue weighted by atomic mass is 10.0. The third-order valence-corrected chi connectivity index (χ3v) is 4.08. The number of rotatable bonds is 8. The van der Waals surface area contributed by atoms with Crippen LogP contribution in [0.3, 0.4) is 0 Å². The minimum absolute atomic E-state index is 0. The number of likely N-dealkylation sites (N-methyl/N-ethyl adjacent to an activating group) is 2. The summed E-state index contributed by atoms with van der Waals surface area (Å²) in [6, 6.07) is 0.134. The van der Waals surface area contributed by atoms with Crippen molar-refractivity contribution >= 4 is 30.7 Å². The van der Waals surface area contributed by atoms with Crippen LogP contribution in [-0.4, -0.2) is 63.7 Å². The summed E-state index contributed by atoms with van der Waals surface area (Å²) in [6.45, 7) is 7.76. The molecule has 0 radical (unpaired) electrons. The summed E-state index contributed by atoms with van der Waals surface area (Å²) in [5.74, 6) is 2.26. The van der Waals surface area contributed by atoms with Gasteiger partial charge in [-0.15, -0.1) is 35.0 Å². The molecule has 0 saturated heterocycles. The van der Waals surface area contributed by atoms with Crippen molar-refractivity contribution in [1.82, 2.24) is 24.6 Å². The van der Waals surface area contributed by atoms with Crippen molar-refractivity contribution in [3.05, 3.63) is 11.6 Å². The quantitative estimate of drug-likeness (QED) is 0.731. The van der Waals surface area contributed by atoms with Crippen LogP contribution in [0.1, 0.15) is 31.9 Å². The van der Waals surface area contributed by atoms with Gasteiger partial charge in [-0.3, -0.25) is 9.69 Å². The predicted octanol–water partition coefficient (Wildman–Crippen LogP) is 1.23. The molecule has 0 fully saturated rings. The van der Waals surface area contributed by atoms with Gasteiger partial charge in [0.15, 0.2) is 0 Å². The first-order valence-corrected chi connectivity index (χ1v) is 7.75. The maximum Gasteiger partial charge on any atom is 0.236 e. The summed E-state index contributed by atoms with van der Waals surface area (Å²) >= 11 is 0. The smallest absolute Gasteiger partial charge is 0.236 e. The van der Waals surface area contributed by atoms with Crippen molar-refractivity contribution in [2.24, 2.45) is 18.7 Å². The summed E-state index contributed by atoms with van der Waals surface area (Å²) in [6.07, 6.45) is 0.825. The Balaban J connectivity index is 0. The molecule has 1 atom stereocenters. The van der Waals surface area contributed by atoms with Crippen molar-refractivity contribution in [3.8, 4) is 0 Å². The van der Waals surface area contributed by atoms with Crippen LogP contribution in [0.15, 0.2) is 0 Å². The van der Waals surface area contributed by atoms with E-state index in [0.29, 0.717) is 25.6 Å². The Kier molecular flexibility index (Phi) is 12.3. The highest BCUT2D eigenvalue weighted by atomic mass is 35.5. The van der Waals surface area contributed by atoms with Crippen LogP contribution >= 0.6 is 24.8 Å². The van der Waals surface area contributed by atoms with Gasteiger partial charge >= 0.3 is 0 Å². The predicted molar refractivity (Wildman–Crippen MR) is 102 cm³/mol. The zero-order valence-electron chi connectivity index (χ0n) is 15.5. The van der Waals surface area contributed by atoms with Crippen LogP contribution in [0.4, 0.5) is 0 Å². The Hall–Kier alpha value is -0.890. The number of halogens is 2. The number of hydrogen-bond acceptors (Lipinski definition) is 5. The number of aryl methyl sites for hydroxylation is 1. The number of carbonyl (C=O) groups excluding carboxylic acids is 1. The molecular weight excluding hydrogens is 351 g/mol. The lowest BCUT2D eigenvalue weighted by Gasteiger charge is -2.24. The third-order valence-electron chi connectivity index (χ3n) is 4.08. The number of nitrogens with zero attached hydrogens (tertiary/aromatic N) is 5. The first-order valence-electron chi connectivity index (χ1n) is 7.75. The van der Waals surface area contributed by atoms with Gasteiger partial charge < -0.3 is 15.2 Å². The molecule has 24 heavy (non-hydrogen) atoms. The first kappa shape index (κ1) is 25.4. The highest BCUT2D eigenvalue weighted by Gasteiger charge is 2.16. The van der Waals surface area contributed by atoms with Crippen LogP contribution in [0.25, 0.3) is 0 Å². The van der Waals surface area contributed by atoms with E-state index >= 15 is 0 Å². The van der Waals surface area contributed by atoms with Gasteiger partial charge in [-0.2, -0.15) is 0 Å². The summed E-state index contributed by atoms with van der Waals surface area (Å²) < 4.78 is 1.94. The lowest BCUT2D eigenvalue weighted by molar-refractivity contribution is -0.131. The normalized spacial score (nSPS) is 11.9. The van der Waals surface area contributed by atoms with E-state index in [4.69, 9.17) is 5.73 Å². The van der Waals surface area contributed by atoms with E-state index in [1.165, 1.54) is 0 Å². The molecule has 0 bridgehead atoms. The van der Waals surface area contributed by atoms with Gasteiger partial charge in [0, 0.05) is 26.7 Å². The summed E-state index contributed by atoms with van der Waals surface area (Å²) in [5.41, 5.74) is 6.02. The largest absolute Gasteiger partial charge is 0.345 e. The fourth-order valence-corrected chi connectivity index (χ4v) is 2.04. The molecule has 1 aromatic heterocycles. The van der Waals surface area contributed by atoms with Crippen molar-refractivity contribution in [2.45, 2.75) is 39.8 Å². The Labute approximate surface area is 157 Å². The molecule has 1 amide bonds. The minimum atomic E-state index is 0. The van der Waals surface area contributed by atoms with Crippen molar-refractivity contribution in [3.63, 3.8) is 0 Å². The second kappa shape index (κ2) is 11.6. The summed E-state index contributed by atoms with van der Waals surface area (Å²) in [7, 11) is 5.67. The number of amides is 1. The molecule has 0 saturated carbocycles. The zero-order chi connectivity index (χ0) is 16.9. The number of aromatic nitrogens is 3. The molecule has 0 aliphatic rings. The summed E-state index contributed by atoms with van der Waals surface area (Å²) in [4.78, 5) is 15.9. The molecule has 0 aliphatic heterocycles. The lowest BCUT2D eigenvalue weighted by Crippen LogP contribution is -2.39. The van der Waals surface area contributed by atoms with Gasteiger partial charge in [-0.1, -0.05) is 13.8 Å². The van der Waals surface area contributed by atoms with Crippen LogP contribution in [-0.2, 0) is 18.4 Å². The fraction of sp³-hybridized carbons (Fsp3) is 0.800. The van der Waals surface area contributed by atoms with Gasteiger partial charge in [0.25, 0.3) is 0 Å². The van der Waals surface area contributed by atoms with E-state index in [-0.39, 0.29) is 36.8 Å². The van der Waals surface area contributed by atoms with Gasteiger partial charge in [0.1, 0.15) is 11.6 Å². The highest BCUT2D eigenvalue weighted by Crippen LogP contribution is 2.05. The maximum absolute atomic E-state index is 12.2. The molecule has 1 rings (SSSR count). The third kappa shape index (κ3) is 7.79. The minimum Gasteiger partial charge on any atom is -0.345 e. The van der Waals surface area contributed by atoms with Gasteiger partial charge in [-0.25, -0.2) is 0 Å². The molecule has 1 unspecified atom stereocenters. The van der Waals surface area contributed by atoms with E-state index in [9.17, 15) is 4.79 Å². The highest BCUT2D eigenvalue weighted by molar-refractivity contribution is 5.85. The Morgan fingerprint density at radius 2 is 1.83 bits per heavy atom. The topological polar surface area (TPSA) is 80.3 Å². The maximum atomic E-state index is 12.2. The summed E-state index contributed by atoms with van der Waals surface area (Å²) in [5, 5.41) is 8.14. The van der Waals surface area contributed by atoms with Crippen LogP contribution in [0.5, 0.6) is 0 Å². The molecule has 1 heterocycles. The molecule has 9 heteroatoms. The molecular formula is C15H32Cl2N6O. The van der Waals surface area contributed by atoms with Gasteiger partial charge in [0.05, 0.1) is 13.1 Å². The average molecular weight is 383 g/mol. The SMILES string of the molecule is Cc1nnc(CN(C)CC(=O)N(C)CCC(N)C(C)C)n1C.Cl.Cl. The number of nitrogens with two attached hydrogens (primary N) is 1. The van der Waals surface area contributed by atoms with E-state index in [2.05, 4.69) is 24.0 Å². The molecule has 7 nitrogen and oxygen atoms in total. The second-order valence-corrected chi connectivity index (χ2v) is 6.41. The molecule has 0 spiro atoms. The van der Waals surface area contributed by atoms with E-state index in [1.54, 1.807) is 4.90 Å². The Bertz CT molecular complexity index is 494. The Morgan fingerprint density at radius 1 is 1.25 bits per heavy atom. The number of carbonyl (C=O) groups is 1. The molecule has 142 valence electrons. The molecule has 0 aliphatic carbocycles. The van der Waals surface area contributed by atoms with E-state index in [1.807, 2.05) is 37.5 Å². The van der Waals surface area contributed by atoms with Crippen molar-refractivity contribution < 1.29 is 4.79 Å². The first-order chi connectivity index (χ1) is 10.2. The fourth-order valence-electron chi connectivity index (χ4n) is 2.04.